The zero-order valence-corrected chi connectivity index (χ0v) is 11.9. The van der Waals surface area contributed by atoms with E-state index in [1.165, 1.54) is 0 Å². The molecule has 0 heterocycles. The second-order valence-corrected chi connectivity index (χ2v) is 2.13. The van der Waals surface area contributed by atoms with E-state index in [0.717, 1.165) is 6.42 Å². The third kappa shape index (κ3) is 22.6. The molecular formula is C13H32O. The van der Waals surface area contributed by atoms with E-state index in [9.17, 15) is 4.79 Å². The Hall–Kier alpha value is -0.330. The molecule has 1 atom stereocenters. The SMILES string of the molecule is CC.CC.CC.CCC(=O)C(C)CC. The van der Waals surface area contributed by atoms with Gasteiger partial charge in [0, 0.05) is 12.3 Å². The van der Waals surface area contributed by atoms with Crippen molar-refractivity contribution in [2.75, 3.05) is 0 Å². The Morgan fingerprint density at radius 2 is 1.21 bits per heavy atom. The summed E-state index contributed by atoms with van der Waals surface area (Å²) in [5.41, 5.74) is 0. The van der Waals surface area contributed by atoms with Gasteiger partial charge in [-0.25, -0.2) is 0 Å². The first kappa shape index (κ1) is 23.5. The number of Topliss-reactive ketones (excluding diaryl/α,β-unsaturated/α-hetero) is 1. The van der Waals surface area contributed by atoms with Crippen molar-refractivity contribution in [2.24, 2.45) is 5.92 Å². The molecule has 0 aromatic rings. The molecule has 0 aliphatic rings. The molecule has 0 spiro atoms. The summed E-state index contributed by atoms with van der Waals surface area (Å²) in [4.78, 5) is 10.7. The van der Waals surface area contributed by atoms with Gasteiger partial charge in [-0.05, 0) is 6.42 Å². The zero-order chi connectivity index (χ0) is 12.6. The lowest BCUT2D eigenvalue weighted by Gasteiger charge is -2.02. The van der Waals surface area contributed by atoms with Crippen LogP contribution in [0.15, 0.2) is 0 Å². The van der Waals surface area contributed by atoms with E-state index >= 15 is 0 Å². The first-order valence-electron chi connectivity index (χ1n) is 6.25. The molecular weight excluding hydrogens is 172 g/mol. The lowest BCUT2D eigenvalue weighted by atomic mass is 10.0. The molecule has 1 nitrogen and oxygen atoms in total. The molecule has 0 saturated carbocycles. The number of hydrogen-bond donors (Lipinski definition) is 0. The van der Waals surface area contributed by atoms with Crippen LogP contribution in [-0.4, -0.2) is 5.78 Å². The summed E-state index contributed by atoms with van der Waals surface area (Å²) in [5.74, 6) is 0.660. The summed E-state index contributed by atoms with van der Waals surface area (Å²) >= 11 is 0. The summed E-state index contributed by atoms with van der Waals surface area (Å²) in [6, 6.07) is 0. The first-order valence-corrected chi connectivity index (χ1v) is 6.25. The van der Waals surface area contributed by atoms with Crippen LogP contribution in [0.1, 0.15) is 75.2 Å². The molecule has 1 heteroatoms. The fourth-order valence-electron chi connectivity index (χ4n) is 0.576. The Kier molecular flexibility index (Phi) is 49.2. The van der Waals surface area contributed by atoms with Crippen molar-refractivity contribution in [1.29, 1.82) is 0 Å². The van der Waals surface area contributed by atoms with Gasteiger partial charge in [0.15, 0.2) is 0 Å². The second kappa shape index (κ2) is 29.3. The van der Waals surface area contributed by atoms with Crippen molar-refractivity contribution in [3.05, 3.63) is 0 Å². The highest BCUT2D eigenvalue weighted by atomic mass is 16.1. The number of carbonyl (C=O) groups excluding carboxylic acids is 1. The standard InChI is InChI=1S/C7H14O.3C2H6/c1-4-6(3)7(8)5-2;3*1-2/h6H,4-5H2,1-3H3;3*1-2H3. The van der Waals surface area contributed by atoms with E-state index in [0.29, 0.717) is 12.2 Å². The Balaban J connectivity index is -0.0000000708. The molecule has 0 bridgehead atoms. The van der Waals surface area contributed by atoms with Crippen LogP contribution in [-0.2, 0) is 4.79 Å². The van der Waals surface area contributed by atoms with E-state index < -0.39 is 0 Å². The molecule has 0 aromatic heterocycles. The van der Waals surface area contributed by atoms with Gasteiger partial charge in [-0.1, -0.05) is 62.3 Å². The summed E-state index contributed by atoms with van der Waals surface area (Å²) in [5, 5.41) is 0. The molecule has 1 unspecified atom stereocenters. The van der Waals surface area contributed by atoms with Crippen LogP contribution < -0.4 is 0 Å². The van der Waals surface area contributed by atoms with Gasteiger partial charge < -0.3 is 0 Å². The van der Waals surface area contributed by atoms with Crippen LogP contribution in [0.4, 0.5) is 0 Å². The number of carbonyl (C=O) groups is 1. The van der Waals surface area contributed by atoms with E-state index in [4.69, 9.17) is 0 Å². The van der Waals surface area contributed by atoms with Crippen LogP contribution in [0.5, 0.6) is 0 Å². The van der Waals surface area contributed by atoms with Crippen LogP contribution in [0.3, 0.4) is 0 Å². The number of hydrogen-bond acceptors (Lipinski definition) is 1. The molecule has 0 N–H and O–H groups in total. The minimum atomic E-state index is 0.278. The minimum Gasteiger partial charge on any atom is -0.299 e. The molecule has 0 amide bonds. The zero-order valence-electron chi connectivity index (χ0n) is 11.9. The molecule has 0 saturated heterocycles. The first-order chi connectivity index (χ1) is 6.72. The van der Waals surface area contributed by atoms with E-state index in [1.54, 1.807) is 0 Å². The summed E-state index contributed by atoms with van der Waals surface area (Å²) in [6.07, 6.45) is 1.67. The lowest BCUT2D eigenvalue weighted by molar-refractivity contribution is -0.122. The smallest absolute Gasteiger partial charge is 0.135 e. The molecule has 14 heavy (non-hydrogen) atoms. The number of rotatable bonds is 3. The lowest BCUT2D eigenvalue weighted by Crippen LogP contribution is -2.06. The topological polar surface area (TPSA) is 17.1 Å². The number of ketones is 1. The molecule has 0 radical (unpaired) electrons. The van der Waals surface area contributed by atoms with Crippen LogP contribution in [0.2, 0.25) is 0 Å². The quantitative estimate of drug-likeness (QED) is 0.626. The molecule has 90 valence electrons. The van der Waals surface area contributed by atoms with Gasteiger partial charge in [-0.3, -0.25) is 4.79 Å². The predicted octanol–water partition coefficient (Wildman–Crippen LogP) is 5.09. The highest BCUT2D eigenvalue weighted by Crippen LogP contribution is 2.03. The van der Waals surface area contributed by atoms with Crippen molar-refractivity contribution in [3.8, 4) is 0 Å². The van der Waals surface area contributed by atoms with E-state index in [1.807, 2.05) is 62.3 Å². The third-order valence-electron chi connectivity index (χ3n) is 1.51. The molecule has 0 fully saturated rings. The highest BCUT2D eigenvalue weighted by Gasteiger charge is 2.05. The molecule has 0 aromatic carbocycles. The monoisotopic (exact) mass is 204 g/mol. The third-order valence-corrected chi connectivity index (χ3v) is 1.51. The fourth-order valence-corrected chi connectivity index (χ4v) is 0.576. The van der Waals surface area contributed by atoms with Crippen molar-refractivity contribution in [1.82, 2.24) is 0 Å². The van der Waals surface area contributed by atoms with Gasteiger partial charge in [0.2, 0.25) is 0 Å². The predicted molar refractivity (Wildman–Crippen MR) is 68.8 cm³/mol. The molecule has 0 aliphatic carbocycles. The average molecular weight is 204 g/mol. The fraction of sp³-hybridized carbons (Fsp3) is 0.923. The van der Waals surface area contributed by atoms with Crippen molar-refractivity contribution < 1.29 is 4.79 Å². The maximum atomic E-state index is 10.7. The largest absolute Gasteiger partial charge is 0.299 e. The van der Waals surface area contributed by atoms with Gasteiger partial charge >= 0.3 is 0 Å². The Morgan fingerprint density at radius 3 is 1.29 bits per heavy atom. The minimum absolute atomic E-state index is 0.278. The highest BCUT2D eigenvalue weighted by molar-refractivity contribution is 5.80. The second-order valence-electron chi connectivity index (χ2n) is 2.13. The Labute approximate surface area is 92.3 Å². The van der Waals surface area contributed by atoms with E-state index in [2.05, 4.69) is 0 Å². The van der Waals surface area contributed by atoms with Gasteiger partial charge in [-0.2, -0.15) is 0 Å². The van der Waals surface area contributed by atoms with Crippen molar-refractivity contribution >= 4 is 5.78 Å². The molecule has 0 aliphatic heterocycles. The van der Waals surface area contributed by atoms with Gasteiger partial charge in [0.1, 0.15) is 5.78 Å². The summed E-state index contributed by atoms with van der Waals surface area (Å²) in [6.45, 7) is 17.9. The van der Waals surface area contributed by atoms with E-state index in [-0.39, 0.29) is 5.92 Å². The van der Waals surface area contributed by atoms with Crippen LogP contribution >= 0.6 is 0 Å². The van der Waals surface area contributed by atoms with Gasteiger partial charge in [0.25, 0.3) is 0 Å². The normalized spacial score (nSPS) is 8.93. The van der Waals surface area contributed by atoms with Crippen LogP contribution in [0, 0.1) is 5.92 Å². The van der Waals surface area contributed by atoms with Crippen LogP contribution in [0.25, 0.3) is 0 Å². The van der Waals surface area contributed by atoms with Crippen molar-refractivity contribution in [2.45, 2.75) is 75.2 Å². The molecule has 0 rings (SSSR count). The Morgan fingerprint density at radius 1 is 0.929 bits per heavy atom. The Bertz CT molecular complexity index is 77.3. The van der Waals surface area contributed by atoms with Crippen molar-refractivity contribution in [3.63, 3.8) is 0 Å². The van der Waals surface area contributed by atoms with Gasteiger partial charge in [0.05, 0.1) is 0 Å². The van der Waals surface area contributed by atoms with Gasteiger partial charge in [-0.15, -0.1) is 0 Å². The average Bonchev–Trinajstić information content (AvgIpc) is 2.34. The summed E-state index contributed by atoms with van der Waals surface area (Å²) < 4.78 is 0. The maximum Gasteiger partial charge on any atom is 0.135 e. The summed E-state index contributed by atoms with van der Waals surface area (Å²) in [7, 11) is 0. The maximum absolute atomic E-state index is 10.7.